The van der Waals surface area contributed by atoms with Gasteiger partial charge in [-0.05, 0) is 42.0 Å². The van der Waals surface area contributed by atoms with Gasteiger partial charge in [-0.3, -0.25) is 0 Å². The molecule has 0 saturated carbocycles. The number of hydrogen-bond acceptors (Lipinski definition) is 3. The highest BCUT2D eigenvalue weighted by Gasteiger charge is 2.30. The third kappa shape index (κ3) is 2.45. The van der Waals surface area contributed by atoms with E-state index in [1.165, 1.54) is 10.4 Å². The predicted molar refractivity (Wildman–Crippen MR) is 78.7 cm³/mol. The van der Waals surface area contributed by atoms with Crippen LogP contribution in [0, 0.1) is 0 Å². The van der Waals surface area contributed by atoms with E-state index in [9.17, 15) is 4.79 Å². The van der Waals surface area contributed by atoms with E-state index in [-0.39, 0.29) is 12.1 Å². The zero-order valence-corrected chi connectivity index (χ0v) is 12.3. The molecule has 4 nitrogen and oxygen atoms in total. The second-order valence-corrected chi connectivity index (χ2v) is 5.91. The third-order valence-corrected chi connectivity index (χ3v) is 4.73. The Morgan fingerprint density at radius 3 is 3.20 bits per heavy atom. The van der Waals surface area contributed by atoms with Crippen molar-refractivity contribution in [3.63, 3.8) is 0 Å². The number of urea groups is 1. The van der Waals surface area contributed by atoms with Gasteiger partial charge in [-0.1, -0.05) is 6.92 Å². The maximum atomic E-state index is 12.4. The lowest BCUT2D eigenvalue weighted by molar-refractivity contribution is 0.166. The number of rotatable bonds is 3. The van der Waals surface area contributed by atoms with Gasteiger partial charge in [0.2, 0.25) is 0 Å². The van der Waals surface area contributed by atoms with Crippen molar-refractivity contribution in [1.82, 2.24) is 10.2 Å². The Hall–Kier alpha value is -1.75. The number of thiophene rings is 1. The molecule has 0 aromatic carbocycles. The molecule has 2 amide bonds. The summed E-state index contributed by atoms with van der Waals surface area (Å²) in [5.41, 5.74) is 1.32. The topological polar surface area (TPSA) is 45.5 Å². The highest BCUT2D eigenvalue weighted by atomic mass is 32.1. The Bertz CT molecular complexity index is 576. The van der Waals surface area contributed by atoms with Gasteiger partial charge in [-0.25, -0.2) is 4.79 Å². The molecule has 1 aliphatic rings. The van der Waals surface area contributed by atoms with Gasteiger partial charge >= 0.3 is 6.03 Å². The van der Waals surface area contributed by atoms with E-state index in [1.54, 1.807) is 17.6 Å². The molecule has 3 heterocycles. The maximum absolute atomic E-state index is 12.4. The second-order valence-electron chi connectivity index (χ2n) is 4.90. The fourth-order valence-electron chi connectivity index (χ4n) is 2.76. The summed E-state index contributed by atoms with van der Waals surface area (Å²) in [6, 6.07) is 6.03. The fourth-order valence-corrected chi connectivity index (χ4v) is 3.69. The van der Waals surface area contributed by atoms with Gasteiger partial charge in [0, 0.05) is 11.4 Å². The summed E-state index contributed by atoms with van der Waals surface area (Å²) >= 11 is 1.80. The van der Waals surface area contributed by atoms with Crippen LogP contribution in [0.1, 0.15) is 35.6 Å². The van der Waals surface area contributed by atoms with Gasteiger partial charge in [-0.15, -0.1) is 11.3 Å². The number of fused-ring (bicyclic) bond motifs is 1. The summed E-state index contributed by atoms with van der Waals surface area (Å²) in [6.45, 7) is 3.36. The van der Waals surface area contributed by atoms with Gasteiger partial charge in [-0.2, -0.15) is 0 Å². The first-order valence-corrected chi connectivity index (χ1v) is 7.80. The van der Waals surface area contributed by atoms with E-state index in [0.717, 1.165) is 25.1 Å². The molecule has 1 unspecified atom stereocenters. The SMILES string of the molecule is CCC1c2ccsc2CCN1C(=O)NCc1ccco1. The van der Waals surface area contributed by atoms with Crippen LogP contribution in [0.5, 0.6) is 0 Å². The molecule has 1 aliphatic heterocycles. The van der Waals surface area contributed by atoms with Crippen LogP contribution in [-0.2, 0) is 13.0 Å². The molecule has 106 valence electrons. The van der Waals surface area contributed by atoms with Crippen molar-refractivity contribution >= 4 is 17.4 Å². The minimum Gasteiger partial charge on any atom is -0.467 e. The Kier molecular flexibility index (Phi) is 3.78. The van der Waals surface area contributed by atoms with E-state index < -0.39 is 0 Å². The average Bonchev–Trinajstić information content (AvgIpc) is 3.14. The molecule has 3 rings (SSSR count). The molecule has 0 spiro atoms. The Morgan fingerprint density at radius 2 is 2.45 bits per heavy atom. The number of amides is 2. The quantitative estimate of drug-likeness (QED) is 0.939. The predicted octanol–water partition coefficient (Wildman–Crippen LogP) is 3.56. The van der Waals surface area contributed by atoms with Crippen molar-refractivity contribution in [2.45, 2.75) is 32.4 Å². The lowest BCUT2D eigenvalue weighted by Crippen LogP contribution is -2.44. The zero-order chi connectivity index (χ0) is 13.9. The van der Waals surface area contributed by atoms with Gasteiger partial charge in [0.15, 0.2) is 0 Å². The Labute approximate surface area is 122 Å². The van der Waals surface area contributed by atoms with E-state index in [4.69, 9.17) is 4.42 Å². The van der Waals surface area contributed by atoms with Gasteiger partial charge < -0.3 is 14.6 Å². The van der Waals surface area contributed by atoms with Crippen molar-refractivity contribution in [1.29, 1.82) is 0 Å². The first kappa shape index (κ1) is 13.2. The smallest absolute Gasteiger partial charge is 0.318 e. The van der Waals surface area contributed by atoms with E-state index in [1.807, 2.05) is 17.0 Å². The first-order chi connectivity index (χ1) is 9.79. The van der Waals surface area contributed by atoms with Crippen LogP contribution in [-0.4, -0.2) is 17.5 Å². The van der Waals surface area contributed by atoms with E-state index in [2.05, 4.69) is 23.7 Å². The van der Waals surface area contributed by atoms with Crippen LogP contribution in [0.3, 0.4) is 0 Å². The molecule has 0 fully saturated rings. The zero-order valence-electron chi connectivity index (χ0n) is 11.5. The number of carbonyl (C=O) groups excluding carboxylic acids is 1. The minimum absolute atomic E-state index is 0.00917. The number of nitrogens with one attached hydrogen (secondary N) is 1. The second kappa shape index (κ2) is 5.71. The molecule has 1 atom stereocenters. The molecule has 0 radical (unpaired) electrons. The Balaban J connectivity index is 1.68. The van der Waals surface area contributed by atoms with E-state index in [0.29, 0.717) is 6.54 Å². The number of nitrogens with zero attached hydrogens (tertiary/aromatic N) is 1. The normalized spacial score (nSPS) is 17.9. The average molecular weight is 290 g/mol. The van der Waals surface area contributed by atoms with Crippen LogP contribution in [0.25, 0.3) is 0 Å². The number of carbonyl (C=O) groups is 1. The summed E-state index contributed by atoms with van der Waals surface area (Å²) in [6.07, 6.45) is 3.52. The molecule has 5 heteroatoms. The van der Waals surface area contributed by atoms with Crippen LogP contribution in [0.2, 0.25) is 0 Å². The van der Waals surface area contributed by atoms with Crippen LogP contribution >= 0.6 is 11.3 Å². The van der Waals surface area contributed by atoms with Gasteiger partial charge in [0.05, 0.1) is 18.8 Å². The third-order valence-electron chi connectivity index (χ3n) is 3.74. The molecule has 0 bridgehead atoms. The molecule has 2 aromatic heterocycles. The standard InChI is InChI=1S/C15H18N2O2S/c1-2-13-12-6-9-20-14(12)5-7-17(13)15(18)16-10-11-4-3-8-19-11/h3-4,6,8-9,13H,2,5,7,10H2,1H3,(H,16,18). The van der Waals surface area contributed by atoms with Crippen molar-refractivity contribution in [3.8, 4) is 0 Å². The molecular formula is C15H18N2O2S. The molecular weight excluding hydrogens is 272 g/mol. The molecule has 0 saturated heterocycles. The summed E-state index contributed by atoms with van der Waals surface area (Å²) in [5.74, 6) is 0.777. The number of furan rings is 1. The monoisotopic (exact) mass is 290 g/mol. The fraction of sp³-hybridized carbons (Fsp3) is 0.400. The largest absolute Gasteiger partial charge is 0.467 e. The molecule has 20 heavy (non-hydrogen) atoms. The first-order valence-electron chi connectivity index (χ1n) is 6.92. The van der Waals surface area contributed by atoms with Gasteiger partial charge in [0.25, 0.3) is 0 Å². The highest BCUT2D eigenvalue weighted by molar-refractivity contribution is 7.10. The summed E-state index contributed by atoms with van der Waals surface area (Å²) in [5, 5.41) is 5.06. The van der Waals surface area contributed by atoms with Crippen LogP contribution < -0.4 is 5.32 Å². The molecule has 1 N–H and O–H groups in total. The van der Waals surface area contributed by atoms with E-state index >= 15 is 0 Å². The summed E-state index contributed by atoms with van der Waals surface area (Å²) < 4.78 is 5.24. The number of hydrogen-bond donors (Lipinski definition) is 1. The van der Waals surface area contributed by atoms with Crippen LogP contribution in [0.15, 0.2) is 34.3 Å². The highest BCUT2D eigenvalue weighted by Crippen LogP contribution is 2.35. The van der Waals surface area contributed by atoms with Gasteiger partial charge in [0.1, 0.15) is 5.76 Å². The van der Waals surface area contributed by atoms with Crippen molar-refractivity contribution in [3.05, 3.63) is 46.0 Å². The van der Waals surface area contributed by atoms with Crippen molar-refractivity contribution < 1.29 is 9.21 Å². The molecule has 0 aliphatic carbocycles. The van der Waals surface area contributed by atoms with Crippen LogP contribution in [0.4, 0.5) is 4.79 Å². The lowest BCUT2D eigenvalue weighted by Gasteiger charge is -2.35. The molecule has 2 aromatic rings. The maximum Gasteiger partial charge on any atom is 0.318 e. The summed E-state index contributed by atoms with van der Waals surface area (Å²) in [4.78, 5) is 15.7. The summed E-state index contributed by atoms with van der Waals surface area (Å²) in [7, 11) is 0. The Morgan fingerprint density at radius 1 is 1.55 bits per heavy atom. The van der Waals surface area contributed by atoms with Crippen molar-refractivity contribution in [2.24, 2.45) is 0 Å². The minimum atomic E-state index is -0.00917. The van der Waals surface area contributed by atoms with Crippen molar-refractivity contribution in [2.75, 3.05) is 6.54 Å². The lowest BCUT2D eigenvalue weighted by atomic mass is 9.98.